The van der Waals surface area contributed by atoms with Gasteiger partial charge in [0.15, 0.2) is 0 Å². The van der Waals surface area contributed by atoms with Crippen molar-refractivity contribution in [3.8, 4) is 0 Å². The number of alkyl halides is 3. The quantitative estimate of drug-likeness (QED) is 0.751. The third-order valence-corrected chi connectivity index (χ3v) is 3.61. The van der Waals surface area contributed by atoms with Crippen LogP contribution in [0.4, 0.5) is 18.0 Å². The van der Waals surface area contributed by atoms with Crippen LogP contribution in [0, 0.1) is 5.92 Å². The molecule has 0 aromatic heterocycles. The molecule has 0 aromatic rings. The predicted molar refractivity (Wildman–Crippen MR) is 83.2 cm³/mol. The van der Waals surface area contributed by atoms with Crippen molar-refractivity contribution in [3.63, 3.8) is 0 Å². The highest BCUT2D eigenvalue weighted by atomic mass is 19.4. The molecule has 0 saturated heterocycles. The Morgan fingerprint density at radius 2 is 1.74 bits per heavy atom. The molecule has 134 valence electrons. The van der Waals surface area contributed by atoms with Gasteiger partial charge in [-0.2, -0.15) is 13.2 Å². The topological polar surface area (TPSA) is 50.4 Å². The molecule has 0 bridgehead atoms. The summed E-state index contributed by atoms with van der Waals surface area (Å²) in [6.07, 6.45) is 0.979. The number of nitrogens with one attached hydrogen (secondary N) is 2. The summed E-state index contributed by atoms with van der Waals surface area (Å²) in [5, 5.41) is 5.51. The van der Waals surface area contributed by atoms with E-state index in [2.05, 4.69) is 10.6 Å². The van der Waals surface area contributed by atoms with Gasteiger partial charge in [0.05, 0.1) is 5.92 Å². The van der Waals surface area contributed by atoms with Crippen LogP contribution in [0.15, 0.2) is 12.2 Å². The number of alkyl carbamates (subject to hydrolysis) is 1. The Labute approximate surface area is 135 Å². The summed E-state index contributed by atoms with van der Waals surface area (Å²) in [5.74, 6) is -1.26. The van der Waals surface area contributed by atoms with Crippen molar-refractivity contribution in [3.05, 3.63) is 12.2 Å². The molecule has 0 aromatic carbocycles. The van der Waals surface area contributed by atoms with Gasteiger partial charge in [-0.3, -0.25) is 0 Å². The van der Waals surface area contributed by atoms with Crippen molar-refractivity contribution >= 4 is 6.09 Å². The Hall–Kier alpha value is -1.24. The Morgan fingerprint density at radius 3 is 2.35 bits per heavy atom. The molecule has 1 rings (SSSR count). The first-order chi connectivity index (χ1) is 10.6. The summed E-state index contributed by atoms with van der Waals surface area (Å²) in [7, 11) is 0. The fourth-order valence-electron chi connectivity index (χ4n) is 2.61. The number of carbonyl (C=O) groups is 1. The summed E-state index contributed by atoms with van der Waals surface area (Å²) in [6.45, 7) is 5.95. The van der Waals surface area contributed by atoms with Gasteiger partial charge in [0.2, 0.25) is 0 Å². The van der Waals surface area contributed by atoms with E-state index in [0.717, 1.165) is 6.42 Å². The second-order valence-electron chi connectivity index (χ2n) is 6.80. The van der Waals surface area contributed by atoms with Crippen LogP contribution in [0.2, 0.25) is 0 Å². The van der Waals surface area contributed by atoms with Crippen molar-refractivity contribution in [2.75, 3.05) is 13.1 Å². The number of halogens is 3. The van der Waals surface area contributed by atoms with E-state index in [0.29, 0.717) is 19.4 Å². The summed E-state index contributed by atoms with van der Waals surface area (Å²) < 4.78 is 43.8. The lowest BCUT2D eigenvalue weighted by Gasteiger charge is -2.33. The lowest BCUT2D eigenvalue weighted by Crippen LogP contribution is -2.45. The van der Waals surface area contributed by atoms with Crippen LogP contribution in [0.5, 0.6) is 0 Å². The molecule has 4 nitrogen and oxygen atoms in total. The Bertz CT molecular complexity index is 403. The minimum absolute atomic E-state index is 0.199. The largest absolute Gasteiger partial charge is 0.444 e. The minimum Gasteiger partial charge on any atom is -0.444 e. The molecule has 1 aliphatic rings. The fraction of sp³-hybridized carbons (Fsp3) is 0.812. The van der Waals surface area contributed by atoms with E-state index in [1.807, 2.05) is 0 Å². The number of amides is 1. The van der Waals surface area contributed by atoms with E-state index in [4.69, 9.17) is 4.74 Å². The van der Waals surface area contributed by atoms with E-state index >= 15 is 0 Å². The first kappa shape index (κ1) is 19.8. The molecule has 23 heavy (non-hydrogen) atoms. The van der Waals surface area contributed by atoms with Crippen molar-refractivity contribution < 1.29 is 22.7 Å². The lowest BCUT2D eigenvalue weighted by molar-refractivity contribution is -0.188. The van der Waals surface area contributed by atoms with Crippen LogP contribution in [0.25, 0.3) is 0 Å². The van der Waals surface area contributed by atoms with Crippen LogP contribution >= 0.6 is 0 Å². The van der Waals surface area contributed by atoms with Gasteiger partial charge in [0, 0.05) is 19.1 Å². The second-order valence-corrected chi connectivity index (χ2v) is 6.80. The molecule has 0 aliphatic heterocycles. The maximum Gasteiger partial charge on any atom is 0.407 e. The maximum absolute atomic E-state index is 12.9. The van der Waals surface area contributed by atoms with Crippen LogP contribution in [0.1, 0.15) is 46.5 Å². The SMILES string of the molecule is CC(C)(C)OC(=O)NC/C=C/CNC1CCCCC1C(F)(F)F. The van der Waals surface area contributed by atoms with Crippen molar-refractivity contribution in [1.29, 1.82) is 0 Å². The average Bonchev–Trinajstić information content (AvgIpc) is 2.40. The van der Waals surface area contributed by atoms with Gasteiger partial charge >= 0.3 is 12.3 Å². The van der Waals surface area contributed by atoms with Crippen LogP contribution < -0.4 is 10.6 Å². The van der Waals surface area contributed by atoms with Gasteiger partial charge in [0.1, 0.15) is 5.60 Å². The zero-order chi connectivity index (χ0) is 17.5. The summed E-state index contributed by atoms with van der Waals surface area (Å²) in [5.41, 5.74) is -0.553. The molecular weight excluding hydrogens is 309 g/mol. The lowest BCUT2D eigenvalue weighted by atomic mass is 9.84. The van der Waals surface area contributed by atoms with Gasteiger partial charge in [-0.1, -0.05) is 25.0 Å². The molecule has 1 amide bonds. The zero-order valence-electron chi connectivity index (χ0n) is 14.0. The maximum atomic E-state index is 12.9. The normalized spacial score (nSPS) is 23.0. The van der Waals surface area contributed by atoms with E-state index in [1.54, 1.807) is 32.9 Å². The molecule has 2 unspecified atom stereocenters. The number of hydrogen-bond donors (Lipinski definition) is 2. The smallest absolute Gasteiger partial charge is 0.407 e. The molecule has 0 spiro atoms. The molecule has 1 fully saturated rings. The average molecular weight is 336 g/mol. The van der Waals surface area contributed by atoms with Crippen LogP contribution in [-0.4, -0.2) is 37.0 Å². The summed E-state index contributed by atoms with van der Waals surface area (Å²) >= 11 is 0. The summed E-state index contributed by atoms with van der Waals surface area (Å²) in [4.78, 5) is 11.4. The van der Waals surface area contributed by atoms with Gasteiger partial charge in [-0.05, 0) is 33.6 Å². The first-order valence-corrected chi connectivity index (χ1v) is 8.01. The zero-order valence-corrected chi connectivity index (χ0v) is 14.0. The van der Waals surface area contributed by atoms with E-state index < -0.39 is 29.8 Å². The molecular formula is C16H27F3N2O2. The third kappa shape index (κ3) is 8.25. The van der Waals surface area contributed by atoms with Crippen LogP contribution in [0.3, 0.4) is 0 Å². The van der Waals surface area contributed by atoms with Crippen molar-refractivity contribution in [1.82, 2.24) is 10.6 Å². The Morgan fingerprint density at radius 1 is 1.13 bits per heavy atom. The van der Waals surface area contributed by atoms with Crippen LogP contribution in [-0.2, 0) is 4.74 Å². The molecule has 2 N–H and O–H groups in total. The van der Waals surface area contributed by atoms with Crippen molar-refractivity contribution in [2.45, 2.75) is 64.3 Å². The Kier molecular flexibility index (Phi) is 7.38. The van der Waals surface area contributed by atoms with Gasteiger partial charge in [-0.25, -0.2) is 4.79 Å². The highest BCUT2D eigenvalue weighted by Gasteiger charge is 2.45. The van der Waals surface area contributed by atoms with Gasteiger partial charge in [0.25, 0.3) is 0 Å². The van der Waals surface area contributed by atoms with Gasteiger partial charge < -0.3 is 15.4 Å². The highest BCUT2D eigenvalue weighted by Crippen LogP contribution is 2.37. The van der Waals surface area contributed by atoms with E-state index in [-0.39, 0.29) is 13.0 Å². The number of carbonyl (C=O) groups excluding carboxylic acids is 1. The molecule has 2 atom stereocenters. The number of rotatable bonds is 5. The summed E-state index contributed by atoms with van der Waals surface area (Å²) in [6, 6.07) is -0.521. The fourth-order valence-corrected chi connectivity index (χ4v) is 2.61. The number of ether oxygens (including phenoxy) is 1. The van der Waals surface area contributed by atoms with E-state index in [1.165, 1.54) is 0 Å². The molecule has 0 heterocycles. The molecule has 1 aliphatic carbocycles. The first-order valence-electron chi connectivity index (χ1n) is 8.01. The second kappa shape index (κ2) is 8.57. The standard InChI is InChI=1S/C16H27F3N2O2/c1-15(2,3)23-14(22)21-11-7-6-10-20-13-9-5-4-8-12(13)16(17,18)19/h6-7,12-13,20H,4-5,8-11H2,1-3H3,(H,21,22)/b7-6+. The molecule has 0 radical (unpaired) electrons. The minimum atomic E-state index is -4.14. The monoisotopic (exact) mass is 336 g/mol. The third-order valence-electron chi connectivity index (χ3n) is 3.61. The molecule has 7 heteroatoms. The number of hydrogen-bond acceptors (Lipinski definition) is 3. The predicted octanol–water partition coefficient (Wildman–Crippen LogP) is 3.78. The van der Waals surface area contributed by atoms with Crippen molar-refractivity contribution in [2.24, 2.45) is 5.92 Å². The highest BCUT2D eigenvalue weighted by molar-refractivity contribution is 5.67. The Balaban J connectivity index is 2.26. The van der Waals surface area contributed by atoms with Gasteiger partial charge in [-0.15, -0.1) is 0 Å². The van der Waals surface area contributed by atoms with E-state index in [9.17, 15) is 18.0 Å². The molecule has 1 saturated carbocycles.